The number of hydrogen-bond acceptors (Lipinski definition) is 8. The molecule has 328 valence electrons. The number of H-pyrrole nitrogens is 2. The van der Waals surface area contributed by atoms with Crippen LogP contribution in [0.25, 0.3) is 33.6 Å². The summed E-state index contributed by atoms with van der Waals surface area (Å²) in [6.45, 7) is 13.1. The molecule has 5 atom stereocenters. The molecule has 0 spiro atoms. The van der Waals surface area contributed by atoms with E-state index in [1.54, 1.807) is 24.4 Å². The number of carbonyl (C=O) groups is 4. The van der Waals surface area contributed by atoms with E-state index < -0.39 is 41.7 Å². The highest BCUT2D eigenvalue weighted by Crippen LogP contribution is 2.36. The van der Waals surface area contributed by atoms with Crippen molar-refractivity contribution >= 4 is 23.6 Å². The third-order valence-electron chi connectivity index (χ3n) is 11.6. The number of ether oxygens (including phenoxy) is 2. The number of nitrogens with one attached hydrogen (secondary N) is 4. The Morgan fingerprint density at radius 3 is 1.57 bits per heavy atom. The van der Waals surface area contributed by atoms with E-state index >= 15 is 0 Å². The largest absolute Gasteiger partial charge is 0.384 e. The van der Waals surface area contributed by atoms with Gasteiger partial charge in [-0.3, -0.25) is 19.2 Å². The molecule has 0 radical (unpaired) electrons. The molecule has 2 aliphatic heterocycles. The van der Waals surface area contributed by atoms with Gasteiger partial charge in [-0.1, -0.05) is 90.1 Å². The Hall–Kier alpha value is -5.41. The summed E-state index contributed by atoms with van der Waals surface area (Å²) in [5.74, 6) is 0.230. The zero-order valence-electron chi connectivity index (χ0n) is 36.6. The first-order chi connectivity index (χ1) is 29.0. The van der Waals surface area contributed by atoms with Crippen molar-refractivity contribution in [3.63, 3.8) is 0 Å². The normalized spacial score (nSPS) is 19.2. The highest BCUT2D eigenvalue weighted by Gasteiger charge is 2.42. The molecule has 61 heavy (non-hydrogen) atoms. The fourth-order valence-electron chi connectivity index (χ4n) is 8.12. The van der Waals surface area contributed by atoms with E-state index in [-0.39, 0.29) is 55.6 Å². The van der Waals surface area contributed by atoms with Crippen LogP contribution in [0.3, 0.4) is 0 Å². The minimum atomic E-state index is -1.27. The Balaban J connectivity index is 1.11. The van der Waals surface area contributed by atoms with Crippen molar-refractivity contribution in [2.75, 3.05) is 40.5 Å². The highest BCUT2D eigenvalue weighted by molar-refractivity contribution is 5.89. The smallest absolute Gasteiger partial charge is 0.243 e. The van der Waals surface area contributed by atoms with E-state index in [0.717, 1.165) is 40.1 Å². The number of aromatic amines is 2. The Bertz CT molecular complexity index is 2140. The molecule has 0 bridgehead atoms. The molecule has 15 heteroatoms. The number of hydrogen-bond donors (Lipinski definition) is 4. The Labute approximate surface area is 357 Å². The van der Waals surface area contributed by atoms with Gasteiger partial charge in [-0.25, -0.2) is 14.4 Å². The summed E-state index contributed by atoms with van der Waals surface area (Å²) in [4.78, 5) is 71.9. The number of aromatic nitrogens is 4. The summed E-state index contributed by atoms with van der Waals surface area (Å²) < 4.78 is 24.6. The molecular formula is C46H61FN8O6. The van der Waals surface area contributed by atoms with E-state index in [9.17, 15) is 23.6 Å². The van der Waals surface area contributed by atoms with Gasteiger partial charge in [0, 0.05) is 27.2 Å². The second-order valence-corrected chi connectivity index (χ2v) is 18.3. The maximum Gasteiger partial charge on any atom is 0.243 e. The van der Waals surface area contributed by atoms with E-state index in [1.165, 1.54) is 12.0 Å². The number of alkyl halides is 1. The molecule has 4 heterocycles. The van der Waals surface area contributed by atoms with E-state index in [4.69, 9.17) is 14.5 Å². The third-order valence-corrected chi connectivity index (χ3v) is 11.6. The second-order valence-electron chi connectivity index (χ2n) is 18.3. The number of nitrogens with zero attached hydrogens (tertiary/aromatic N) is 4. The molecule has 2 aromatic heterocycles. The lowest BCUT2D eigenvalue weighted by Crippen LogP contribution is -2.49. The van der Waals surface area contributed by atoms with E-state index in [1.807, 2.05) is 57.2 Å². The van der Waals surface area contributed by atoms with E-state index in [2.05, 4.69) is 58.5 Å². The van der Waals surface area contributed by atoms with Gasteiger partial charge in [0.2, 0.25) is 23.6 Å². The maximum atomic E-state index is 14.5. The van der Waals surface area contributed by atoms with Crippen LogP contribution in [0.4, 0.5) is 4.39 Å². The first-order valence-electron chi connectivity index (χ1n) is 21.1. The number of carbonyl (C=O) groups excluding carboxylic acids is 4. The molecule has 2 fully saturated rings. The van der Waals surface area contributed by atoms with Crippen LogP contribution in [-0.2, 0) is 28.7 Å². The van der Waals surface area contributed by atoms with Gasteiger partial charge in [-0.05, 0) is 45.9 Å². The summed E-state index contributed by atoms with van der Waals surface area (Å²) >= 11 is 0. The van der Waals surface area contributed by atoms with Gasteiger partial charge in [-0.2, -0.15) is 0 Å². The van der Waals surface area contributed by atoms with Crippen LogP contribution in [0.1, 0.15) is 97.4 Å². The summed E-state index contributed by atoms with van der Waals surface area (Å²) in [5, 5.41) is 6.27. The molecule has 6 rings (SSSR count). The maximum absolute atomic E-state index is 14.5. The molecule has 0 unspecified atom stereocenters. The van der Waals surface area contributed by atoms with Crippen molar-refractivity contribution < 1.29 is 33.0 Å². The summed E-state index contributed by atoms with van der Waals surface area (Å²) in [5.41, 5.74) is 4.67. The molecule has 14 nitrogen and oxygen atoms in total. The number of methoxy groups -OCH3 is 2. The number of halogens is 1. The average Bonchev–Trinajstić information content (AvgIpc) is 4.07. The van der Waals surface area contributed by atoms with Gasteiger partial charge < -0.3 is 39.9 Å². The molecule has 4 aromatic rings. The topological polar surface area (TPSA) is 175 Å². The summed E-state index contributed by atoms with van der Waals surface area (Å²) in [6, 6.07) is 13.9. The monoisotopic (exact) mass is 840 g/mol. The van der Waals surface area contributed by atoms with Crippen LogP contribution < -0.4 is 10.6 Å². The fourth-order valence-corrected chi connectivity index (χ4v) is 8.12. The Morgan fingerprint density at radius 1 is 0.705 bits per heavy atom. The van der Waals surface area contributed by atoms with Gasteiger partial charge >= 0.3 is 0 Å². The van der Waals surface area contributed by atoms with Crippen LogP contribution in [0.15, 0.2) is 60.9 Å². The lowest BCUT2D eigenvalue weighted by atomic mass is 9.86. The van der Waals surface area contributed by atoms with Gasteiger partial charge in [0.05, 0.1) is 68.5 Å². The standard InChI is InChI=1S/C46H61FN8O6/c1-45(2,3)39(52-43(58)35-10-9-21-54(35)37(56)19-22-60-7)41-48-25-33(50-41)30-15-11-28(12-16-30)29-13-17-31(18-14-29)34-26-49-42(51-34)40(46(4,5)6)53-44(59)36-24-32(47)27-55(36)38(57)20-23-61-8/h11-18,25-26,32,35-36,39-40H,9-10,19-24,27H2,1-8H3,(H,48,50)(H,49,51)(H,52,58)(H,53,59)/t32-,35+,36+,39-,40-/m1/s1. The molecule has 0 aliphatic carbocycles. The SMILES string of the molecule is COCCC(=O)N1CCC[C@H]1C(=O)N[C@H](c1ncc(-c2ccc(-c3ccc(-c4cnc([C@@H](NC(=O)[C@@H]5C[C@@H](F)CN5C(=O)CCOC)C(C)(C)C)[nH]4)cc3)cc2)[nH]1)C(C)(C)C. The van der Waals surface area contributed by atoms with Crippen LogP contribution >= 0.6 is 0 Å². The van der Waals surface area contributed by atoms with Gasteiger partial charge in [0.15, 0.2) is 0 Å². The molecular weight excluding hydrogens is 780 g/mol. The molecule has 2 saturated heterocycles. The third kappa shape index (κ3) is 10.7. The molecule has 4 amide bonds. The lowest BCUT2D eigenvalue weighted by molar-refractivity contribution is -0.139. The van der Waals surface area contributed by atoms with Crippen LogP contribution in [-0.4, -0.2) is 112 Å². The van der Waals surface area contributed by atoms with Crippen molar-refractivity contribution in [2.45, 2.75) is 104 Å². The Kier molecular flexibility index (Phi) is 14.1. The second kappa shape index (κ2) is 19.1. The minimum Gasteiger partial charge on any atom is -0.384 e. The van der Waals surface area contributed by atoms with Gasteiger partial charge in [0.1, 0.15) is 29.9 Å². The van der Waals surface area contributed by atoms with Crippen molar-refractivity contribution in [2.24, 2.45) is 10.8 Å². The fraction of sp³-hybridized carbons (Fsp3) is 0.522. The van der Waals surface area contributed by atoms with Gasteiger partial charge in [0.25, 0.3) is 0 Å². The van der Waals surface area contributed by atoms with Crippen molar-refractivity contribution in [3.8, 4) is 33.6 Å². The number of amides is 4. The van der Waals surface area contributed by atoms with Crippen LogP contribution in [0, 0.1) is 10.8 Å². The van der Waals surface area contributed by atoms with E-state index in [0.29, 0.717) is 31.2 Å². The van der Waals surface area contributed by atoms with Crippen LogP contribution in [0.2, 0.25) is 0 Å². The first-order valence-corrected chi connectivity index (χ1v) is 21.1. The number of rotatable bonds is 15. The van der Waals surface area contributed by atoms with Crippen molar-refractivity contribution in [1.29, 1.82) is 0 Å². The predicted octanol–water partition coefficient (Wildman–Crippen LogP) is 6.54. The zero-order chi connectivity index (χ0) is 44.1. The lowest BCUT2D eigenvalue weighted by Gasteiger charge is -2.32. The summed E-state index contributed by atoms with van der Waals surface area (Å²) in [6.07, 6.45) is 3.92. The number of benzene rings is 2. The minimum absolute atomic E-state index is 0.0510. The molecule has 2 aromatic carbocycles. The molecule has 2 aliphatic rings. The zero-order valence-corrected chi connectivity index (χ0v) is 36.6. The molecule has 0 saturated carbocycles. The molecule has 4 N–H and O–H groups in total. The Morgan fingerprint density at radius 2 is 1.13 bits per heavy atom. The summed E-state index contributed by atoms with van der Waals surface area (Å²) in [7, 11) is 3.05. The number of likely N-dealkylation sites (tertiary alicyclic amines) is 2. The van der Waals surface area contributed by atoms with Crippen molar-refractivity contribution in [3.05, 3.63) is 72.6 Å². The van der Waals surface area contributed by atoms with Gasteiger partial charge in [-0.15, -0.1) is 0 Å². The highest BCUT2D eigenvalue weighted by atomic mass is 19.1. The number of imidazole rings is 2. The average molecular weight is 841 g/mol. The first kappa shape index (κ1) is 45.1. The predicted molar refractivity (Wildman–Crippen MR) is 230 cm³/mol. The van der Waals surface area contributed by atoms with Crippen molar-refractivity contribution in [1.82, 2.24) is 40.4 Å². The van der Waals surface area contributed by atoms with Crippen LogP contribution in [0.5, 0.6) is 0 Å². The quantitative estimate of drug-likeness (QED) is 0.104.